The number of rotatable bonds is 5. The van der Waals surface area contributed by atoms with Crippen LogP contribution in [-0.4, -0.2) is 0 Å². The first-order chi connectivity index (χ1) is 9.19. The summed E-state index contributed by atoms with van der Waals surface area (Å²) in [5.74, 6) is 6.70. The van der Waals surface area contributed by atoms with Gasteiger partial charge in [0.25, 0.3) is 0 Å². The molecule has 0 saturated heterocycles. The van der Waals surface area contributed by atoms with Crippen LogP contribution in [0.5, 0.6) is 0 Å². The molecule has 2 heteroatoms. The molecule has 3 N–H and O–H groups in total. The highest BCUT2D eigenvalue weighted by molar-refractivity contribution is 5.30. The van der Waals surface area contributed by atoms with E-state index in [0.717, 1.165) is 12.3 Å². The fraction of sp³-hybridized carbons (Fsp3) is 0.647. The topological polar surface area (TPSA) is 38.0 Å². The molecule has 1 fully saturated rings. The Balaban J connectivity index is 1.95. The summed E-state index contributed by atoms with van der Waals surface area (Å²) < 4.78 is 0. The number of hydrogen-bond donors (Lipinski definition) is 2. The van der Waals surface area contributed by atoms with Crippen LogP contribution in [0, 0.1) is 19.8 Å². The second kappa shape index (κ2) is 7.06. The largest absolute Gasteiger partial charge is 0.271 e. The lowest BCUT2D eigenvalue weighted by atomic mass is 9.84. The Hall–Kier alpha value is -0.860. The van der Waals surface area contributed by atoms with Crippen molar-refractivity contribution in [1.29, 1.82) is 0 Å². The molecular formula is C17H28N2. The Labute approximate surface area is 117 Å². The summed E-state index contributed by atoms with van der Waals surface area (Å²) in [7, 11) is 0. The van der Waals surface area contributed by atoms with Gasteiger partial charge < -0.3 is 0 Å². The van der Waals surface area contributed by atoms with Crippen molar-refractivity contribution in [1.82, 2.24) is 5.43 Å². The molecule has 0 radical (unpaired) electrons. The predicted molar refractivity (Wildman–Crippen MR) is 81.8 cm³/mol. The highest BCUT2D eigenvalue weighted by atomic mass is 15.2. The standard InChI is InChI=1S/C17H28N2/c1-13-10-14(2)12-16(11-13)17(19-18)9-8-15-6-4-3-5-7-15/h10-12,15,17,19H,3-9,18H2,1-2H3. The Morgan fingerprint density at radius 1 is 1.11 bits per heavy atom. The molecule has 0 aromatic heterocycles. The number of benzene rings is 1. The van der Waals surface area contributed by atoms with E-state index in [-0.39, 0.29) is 0 Å². The summed E-state index contributed by atoms with van der Waals surface area (Å²) in [6.07, 6.45) is 9.59. The summed E-state index contributed by atoms with van der Waals surface area (Å²) in [5.41, 5.74) is 7.01. The fourth-order valence-electron chi connectivity index (χ4n) is 3.44. The molecule has 1 saturated carbocycles. The van der Waals surface area contributed by atoms with E-state index in [4.69, 9.17) is 5.84 Å². The van der Waals surface area contributed by atoms with Crippen LogP contribution in [0.25, 0.3) is 0 Å². The Kier molecular flexibility index (Phi) is 5.41. The van der Waals surface area contributed by atoms with Crippen molar-refractivity contribution in [3.8, 4) is 0 Å². The van der Waals surface area contributed by atoms with Gasteiger partial charge in [-0.3, -0.25) is 11.3 Å². The van der Waals surface area contributed by atoms with Crippen LogP contribution in [0.4, 0.5) is 0 Å². The van der Waals surface area contributed by atoms with Crippen molar-refractivity contribution in [2.75, 3.05) is 0 Å². The van der Waals surface area contributed by atoms with Gasteiger partial charge in [0, 0.05) is 6.04 Å². The minimum absolute atomic E-state index is 0.306. The van der Waals surface area contributed by atoms with Gasteiger partial charge in [-0.05, 0) is 38.2 Å². The molecule has 0 aliphatic heterocycles. The van der Waals surface area contributed by atoms with Crippen molar-refractivity contribution in [2.45, 2.75) is 64.8 Å². The molecule has 0 heterocycles. The predicted octanol–water partition coefficient (Wildman–Crippen LogP) is 4.17. The van der Waals surface area contributed by atoms with Crippen molar-refractivity contribution < 1.29 is 0 Å². The molecule has 0 spiro atoms. The minimum Gasteiger partial charge on any atom is -0.271 e. The monoisotopic (exact) mass is 260 g/mol. The maximum absolute atomic E-state index is 5.77. The first kappa shape index (κ1) is 14.5. The quantitative estimate of drug-likeness (QED) is 0.616. The first-order valence-corrected chi connectivity index (χ1v) is 7.73. The van der Waals surface area contributed by atoms with Gasteiger partial charge in [-0.1, -0.05) is 61.4 Å². The van der Waals surface area contributed by atoms with Crippen LogP contribution >= 0.6 is 0 Å². The van der Waals surface area contributed by atoms with Crippen LogP contribution < -0.4 is 11.3 Å². The van der Waals surface area contributed by atoms with E-state index < -0.39 is 0 Å². The molecule has 0 amide bonds. The summed E-state index contributed by atoms with van der Waals surface area (Å²) in [6.45, 7) is 4.32. The van der Waals surface area contributed by atoms with Gasteiger partial charge in [0.05, 0.1) is 0 Å². The van der Waals surface area contributed by atoms with Crippen molar-refractivity contribution >= 4 is 0 Å². The third kappa shape index (κ3) is 4.32. The van der Waals surface area contributed by atoms with Gasteiger partial charge in [0.15, 0.2) is 0 Å². The van der Waals surface area contributed by atoms with E-state index in [9.17, 15) is 0 Å². The Morgan fingerprint density at radius 3 is 2.32 bits per heavy atom. The van der Waals surface area contributed by atoms with Crippen molar-refractivity contribution in [3.05, 3.63) is 34.9 Å². The highest BCUT2D eigenvalue weighted by Crippen LogP contribution is 2.30. The summed E-state index contributed by atoms with van der Waals surface area (Å²) in [4.78, 5) is 0. The van der Waals surface area contributed by atoms with Gasteiger partial charge in [-0.15, -0.1) is 0 Å². The van der Waals surface area contributed by atoms with Gasteiger partial charge in [0.2, 0.25) is 0 Å². The minimum atomic E-state index is 0.306. The lowest BCUT2D eigenvalue weighted by Crippen LogP contribution is -2.28. The second-order valence-corrected chi connectivity index (χ2v) is 6.22. The molecule has 1 atom stereocenters. The third-order valence-electron chi connectivity index (χ3n) is 4.44. The maximum Gasteiger partial charge on any atom is 0.0460 e. The van der Waals surface area contributed by atoms with E-state index >= 15 is 0 Å². The van der Waals surface area contributed by atoms with Crippen LogP contribution in [0.2, 0.25) is 0 Å². The molecule has 1 aromatic carbocycles. The smallest absolute Gasteiger partial charge is 0.0460 e. The van der Waals surface area contributed by atoms with Crippen LogP contribution in [0.3, 0.4) is 0 Å². The number of nitrogens with two attached hydrogens (primary N) is 1. The summed E-state index contributed by atoms with van der Waals surface area (Å²) >= 11 is 0. The second-order valence-electron chi connectivity index (χ2n) is 6.22. The van der Waals surface area contributed by atoms with Crippen molar-refractivity contribution in [2.24, 2.45) is 11.8 Å². The normalized spacial score (nSPS) is 18.5. The lowest BCUT2D eigenvalue weighted by molar-refractivity contribution is 0.315. The molecule has 19 heavy (non-hydrogen) atoms. The Bertz CT molecular complexity index is 374. The number of hydrogen-bond acceptors (Lipinski definition) is 2. The zero-order valence-corrected chi connectivity index (χ0v) is 12.4. The lowest BCUT2D eigenvalue weighted by Gasteiger charge is -2.24. The number of nitrogens with one attached hydrogen (secondary N) is 1. The number of hydrazine groups is 1. The molecule has 106 valence electrons. The number of aryl methyl sites for hydroxylation is 2. The summed E-state index contributed by atoms with van der Waals surface area (Å²) in [6, 6.07) is 7.05. The van der Waals surface area contributed by atoms with Gasteiger partial charge >= 0.3 is 0 Å². The van der Waals surface area contributed by atoms with Crippen LogP contribution in [0.15, 0.2) is 18.2 Å². The molecule has 1 unspecified atom stereocenters. The molecule has 0 bridgehead atoms. The van der Waals surface area contributed by atoms with Gasteiger partial charge in [-0.25, -0.2) is 0 Å². The van der Waals surface area contributed by atoms with Crippen LogP contribution in [0.1, 0.15) is 67.7 Å². The first-order valence-electron chi connectivity index (χ1n) is 7.73. The maximum atomic E-state index is 5.77. The zero-order chi connectivity index (χ0) is 13.7. The highest BCUT2D eigenvalue weighted by Gasteiger charge is 2.17. The third-order valence-corrected chi connectivity index (χ3v) is 4.44. The summed E-state index contributed by atoms with van der Waals surface area (Å²) in [5, 5.41) is 0. The molecule has 1 aliphatic rings. The molecular weight excluding hydrogens is 232 g/mol. The van der Waals surface area contributed by atoms with E-state index in [1.165, 1.54) is 55.2 Å². The molecule has 1 aromatic rings. The van der Waals surface area contributed by atoms with E-state index in [1.54, 1.807) is 0 Å². The average molecular weight is 260 g/mol. The molecule has 2 nitrogen and oxygen atoms in total. The van der Waals surface area contributed by atoms with Crippen LogP contribution in [-0.2, 0) is 0 Å². The zero-order valence-electron chi connectivity index (χ0n) is 12.4. The molecule has 1 aliphatic carbocycles. The van der Waals surface area contributed by atoms with Gasteiger partial charge in [0.1, 0.15) is 0 Å². The molecule has 2 rings (SSSR count). The van der Waals surface area contributed by atoms with E-state index in [1.807, 2.05) is 0 Å². The van der Waals surface area contributed by atoms with Crippen molar-refractivity contribution in [3.63, 3.8) is 0 Å². The van der Waals surface area contributed by atoms with E-state index in [0.29, 0.717) is 6.04 Å². The SMILES string of the molecule is Cc1cc(C)cc(C(CCC2CCCCC2)NN)c1. The van der Waals surface area contributed by atoms with Gasteiger partial charge in [-0.2, -0.15) is 0 Å². The van der Waals surface area contributed by atoms with E-state index in [2.05, 4.69) is 37.5 Å². The Morgan fingerprint density at radius 2 is 1.74 bits per heavy atom. The average Bonchev–Trinajstić information content (AvgIpc) is 2.39. The fourth-order valence-corrected chi connectivity index (χ4v) is 3.44.